The molecule has 20 heavy (non-hydrogen) atoms. The first-order valence-corrected chi connectivity index (χ1v) is 7.13. The molecule has 0 fully saturated rings. The largest absolute Gasteiger partial charge is 0.348 e. The second-order valence-electron chi connectivity index (χ2n) is 4.23. The van der Waals surface area contributed by atoms with Gasteiger partial charge >= 0.3 is 0 Å². The molecule has 0 spiro atoms. The highest BCUT2D eigenvalue weighted by Crippen LogP contribution is 2.17. The minimum absolute atomic E-state index is 0.153. The fourth-order valence-electron chi connectivity index (χ4n) is 1.84. The summed E-state index contributed by atoms with van der Waals surface area (Å²) < 4.78 is 4.81. The molecule has 0 saturated carbocycles. The van der Waals surface area contributed by atoms with Crippen molar-refractivity contribution < 1.29 is 4.79 Å². The van der Waals surface area contributed by atoms with Gasteiger partial charge in [0, 0.05) is 17.1 Å². The van der Waals surface area contributed by atoms with Crippen LogP contribution in [0.5, 0.6) is 0 Å². The first-order chi connectivity index (χ1) is 9.74. The van der Waals surface area contributed by atoms with E-state index in [4.69, 9.17) is 11.6 Å². The number of benzene rings is 2. The van der Waals surface area contributed by atoms with Crippen LogP contribution in [0.2, 0.25) is 5.02 Å². The number of nitrogens with zero attached hydrogens (tertiary/aromatic N) is 2. The molecule has 1 aromatic heterocycles. The number of carbonyl (C=O) groups excluding carboxylic acids is 1. The number of nitrogens with one attached hydrogen (secondary N) is 1. The SMILES string of the molecule is O=C(NCc1ccccc1Cl)c1ccc2snnc2c1. The minimum atomic E-state index is -0.153. The second kappa shape index (κ2) is 5.56. The summed E-state index contributed by atoms with van der Waals surface area (Å²) in [7, 11) is 0. The van der Waals surface area contributed by atoms with Gasteiger partial charge in [-0.3, -0.25) is 4.79 Å². The zero-order chi connectivity index (χ0) is 13.9. The van der Waals surface area contributed by atoms with Crippen molar-refractivity contribution in [1.82, 2.24) is 14.9 Å². The van der Waals surface area contributed by atoms with Crippen molar-refractivity contribution in [2.24, 2.45) is 0 Å². The standard InChI is InChI=1S/C14H10ClN3OS/c15-11-4-2-1-3-10(11)8-16-14(19)9-5-6-13-12(7-9)17-18-20-13/h1-7H,8H2,(H,16,19). The first-order valence-electron chi connectivity index (χ1n) is 5.98. The second-order valence-corrected chi connectivity index (χ2v) is 5.42. The Balaban J connectivity index is 1.74. The van der Waals surface area contributed by atoms with Crippen LogP contribution in [0.25, 0.3) is 10.2 Å². The minimum Gasteiger partial charge on any atom is -0.348 e. The van der Waals surface area contributed by atoms with E-state index in [1.165, 1.54) is 11.5 Å². The Bertz CT molecular complexity index is 772. The van der Waals surface area contributed by atoms with Gasteiger partial charge in [0.25, 0.3) is 5.91 Å². The maximum Gasteiger partial charge on any atom is 0.251 e. The van der Waals surface area contributed by atoms with Crippen LogP contribution in [0.4, 0.5) is 0 Å². The molecule has 2 aromatic carbocycles. The smallest absolute Gasteiger partial charge is 0.251 e. The lowest BCUT2D eigenvalue weighted by atomic mass is 10.2. The third-order valence-corrected chi connectivity index (χ3v) is 3.98. The molecule has 3 rings (SSSR count). The van der Waals surface area contributed by atoms with Crippen LogP contribution in [0.15, 0.2) is 42.5 Å². The molecule has 0 atom stereocenters. The number of amides is 1. The molecule has 4 nitrogen and oxygen atoms in total. The van der Waals surface area contributed by atoms with E-state index in [0.717, 1.165) is 15.8 Å². The van der Waals surface area contributed by atoms with Crippen LogP contribution in [0, 0.1) is 0 Å². The van der Waals surface area contributed by atoms with Crippen molar-refractivity contribution >= 4 is 39.3 Å². The monoisotopic (exact) mass is 303 g/mol. The average Bonchev–Trinajstić information content (AvgIpc) is 2.93. The highest BCUT2D eigenvalue weighted by Gasteiger charge is 2.08. The Kier molecular flexibility index (Phi) is 3.62. The van der Waals surface area contributed by atoms with Crippen LogP contribution < -0.4 is 5.32 Å². The Hall–Kier alpha value is -1.98. The van der Waals surface area contributed by atoms with E-state index in [1.807, 2.05) is 24.3 Å². The molecule has 0 unspecified atom stereocenters. The van der Waals surface area contributed by atoms with Crippen LogP contribution in [-0.2, 0) is 6.54 Å². The third kappa shape index (κ3) is 2.64. The van der Waals surface area contributed by atoms with Gasteiger partial charge in [-0.1, -0.05) is 34.3 Å². The van der Waals surface area contributed by atoms with Gasteiger partial charge in [0.1, 0.15) is 5.52 Å². The number of halogens is 1. The lowest BCUT2D eigenvalue weighted by molar-refractivity contribution is 0.0951. The number of aromatic nitrogens is 2. The summed E-state index contributed by atoms with van der Waals surface area (Å²) in [4.78, 5) is 12.1. The van der Waals surface area contributed by atoms with Gasteiger partial charge in [-0.25, -0.2) is 0 Å². The molecule has 3 aromatic rings. The zero-order valence-electron chi connectivity index (χ0n) is 10.3. The van der Waals surface area contributed by atoms with E-state index >= 15 is 0 Å². The average molecular weight is 304 g/mol. The molecule has 0 radical (unpaired) electrons. The van der Waals surface area contributed by atoms with Gasteiger partial charge in [-0.2, -0.15) is 0 Å². The Labute approximate surface area is 124 Å². The quantitative estimate of drug-likeness (QED) is 0.808. The van der Waals surface area contributed by atoms with Gasteiger partial charge in [0.2, 0.25) is 0 Å². The maximum absolute atomic E-state index is 12.1. The summed E-state index contributed by atoms with van der Waals surface area (Å²) in [6.45, 7) is 0.395. The van der Waals surface area contributed by atoms with E-state index in [2.05, 4.69) is 14.9 Å². The summed E-state index contributed by atoms with van der Waals surface area (Å²) in [5, 5.41) is 7.45. The zero-order valence-corrected chi connectivity index (χ0v) is 11.9. The highest BCUT2D eigenvalue weighted by atomic mass is 35.5. The Morgan fingerprint density at radius 3 is 2.95 bits per heavy atom. The molecule has 6 heteroatoms. The predicted molar refractivity (Wildman–Crippen MR) is 80.0 cm³/mol. The molecule has 1 heterocycles. The van der Waals surface area contributed by atoms with E-state index in [0.29, 0.717) is 17.1 Å². The maximum atomic E-state index is 12.1. The van der Waals surface area contributed by atoms with Crippen molar-refractivity contribution in [3.05, 3.63) is 58.6 Å². The molecule has 0 saturated heterocycles. The van der Waals surface area contributed by atoms with Crippen molar-refractivity contribution in [2.45, 2.75) is 6.54 Å². The van der Waals surface area contributed by atoms with E-state index in [9.17, 15) is 4.79 Å². The summed E-state index contributed by atoms with van der Waals surface area (Å²) in [5.74, 6) is -0.153. The molecule has 1 N–H and O–H groups in total. The van der Waals surface area contributed by atoms with Crippen LogP contribution in [-0.4, -0.2) is 15.5 Å². The molecule has 0 aliphatic carbocycles. The molecule has 1 amide bonds. The fraction of sp³-hybridized carbons (Fsp3) is 0.0714. The Morgan fingerprint density at radius 2 is 2.10 bits per heavy atom. The summed E-state index contributed by atoms with van der Waals surface area (Å²) in [5.41, 5.74) is 2.19. The number of hydrogen-bond acceptors (Lipinski definition) is 4. The van der Waals surface area contributed by atoms with Crippen LogP contribution in [0.3, 0.4) is 0 Å². The fourth-order valence-corrected chi connectivity index (χ4v) is 2.58. The normalized spacial score (nSPS) is 10.7. The Morgan fingerprint density at radius 1 is 1.25 bits per heavy atom. The number of carbonyl (C=O) groups is 1. The topological polar surface area (TPSA) is 54.9 Å². The van der Waals surface area contributed by atoms with E-state index in [1.54, 1.807) is 18.2 Å². The molecule has 0 aliphatic heterocycles. The first kappa shape index (κ1) is 13.0. The van der Waals surface area contributed by atoms with E-state index in [-0.39, 0.29) is 5.91 Å². The van der Waals surface area contributed by atoms with E-state index < -0.39 is 0 Å². The van der Waals surface area contributed by atoms with Crippen molar-refractivity contribution in [1.29, 1.82) is 0 Å². The number of rotatable bonds is 3. The van der Waals surface area contributed by atoms with Gasteiger partial charge in [0.15, 0.2) is 0 Å². The lowest BCUT2D eigenvalue weighted by Gasteiger charge is -2.06. The van der Waals surface area contributed by atoms with Crippen molar-refractivity contribution in [3.8, 4) is 0 Å². The van der Waals surface area contributed by atoms with Gasteiger partial charge < -0.3 is 5.32 Å². The number of hydrogen-bond donors (Lipinski definition) is 1. The molecule has 100 valence electrons. The van der Waals surface area contributed by atoms with Crippen LogP contribution >= 0.6 is 23.1 Å². The van der Waals surface area contributed by atoms with Gasteiger partial charge in [-0.15, -0.1) is 5.10 Å². The highest BCUT2D eigenvalue weighted by molar-refractivity contribution is 7.12. The van der Waals surface area contributed by atoms with Crippen molar-refractivity contribution in [3.63, 3.8) is 0 Å². The van der Waals surface area contributed by atoms with Crippen LogP contribution in [0.1, 0.15) is 15.9 Å². The summed E-state index contributed by atoms with van der Waals surface area (Å²) in [6.07, 6.45) is 0. The predicted octanol–water partition coefficient (Wildman–Crippen LogP) is 3.27. The molecule has 0 aliphatic rings. The van der Waals surface area contributed by atoms with Gasteiger partial charge in [0.05, 0.1) is 4.70 Å². The van der Waals surface area contributed by atoms with Gasteiger partial charge in [-0.05, 0) is 41.4 Å². The molecular weight excluding hydrogens is 294 g/mol. The third-order valence-electron chi connectivity index (χ3n) is 2.91. The molecular formula is C14H10ClN3OS. The summed E-state index contributed by atoms with van der Waals surface area (Å²) in [6, 6.07) is 12.8. The number of fused-ring (bicyclic) bond motifs is 1. The molecule has 0 bridgehead atoms. The lowest BCUT2D eigenvalue weighted by Crippen LogP contribution is -2.22. The summed E-state index contributed by atoms with van der Waals surface area (Å²) >= 11 is 7.36. The van der Waals surface area contributed by atoms with Crippen molar-refractivity contribution in [2.75, 3.05) is 0 Å².